The zero-order valence-electron chi connectivity index (χ0n) is 7.24. The molecule has 0 aliphatic rings. The van der Waals surface area contributed by atoms with Crippen LogP contribution < -0.4 is 17.0 Å². The Morgan fingerprint density at radius 3 is 2.71 bits per heavy atom. The molecule has 76 valence electrons. The predicted octanol–water partition coefficient (Wildman–Crippen LogP) is -0.692. The van der Waals surface area contributed by atoms with Crippen molar-refractivity contribution in [2.45, 2.75) is 12.5 Å². The summed E-state index contributed by atoms with van der Waals surface area (Å²) in [5.41, 5.74) is 10.6. The molecule has 7 heteroatoms. The number of nitrogens with one attached hydrogen (secondary N) is 2. The highest BCUT2D eigenvalue weighted by atomic mass is 32.1. The summed E-state index contributed by atoms with van der Waals surface area (Å²) in [6, 6.07) is 0.625. The monoisotopic (exact) mass is 214 g/mol. The second-order valence-electron chi connectivity index (χ2n) is 2.82. The Bertz CT molecular complexity index is 421. The molecule has 1 heterocycles. The minimum absolute atomic E-state index is 0.0330. The molecule has 14 heavy (non-hydrogen) atoms. The molecular formula is C7H10N4O2S. The number of carbonyl (C=O) groups is 1. The van der Waals surface area contributed by atoms with E-state index in [2.05, 4.69) is 9.97 Å². The third-order valence-electron chi connectivity index (χ3n) is 1.60. The second kappa shape index (κ2) is 4.16. The number of primary amides is 1. The molecule has 6 N–H and O–H groups in total. The van der Waals surface area contributed by atoms with E-state index in [1.807, 2.05) is 0 Å². The van der Waals surface area contributed by atoms with Crippen LogP contribution in [-0.4, -0.2) is 15.9 Å². The fraction of sp³-hybridized carbons (Fsp3) is 0.286. The van der Waals surface area contributed by atoms with Crippen LogP contribution in [-0.2, 0) is 4.79 Å². The quantitative estimate of drug-likeness (QED) is 0.498. The van der Waals surface area contributed by atoms with Crippen LogP contribution in [0.5, 0.6) is 0 Å². The standard InChI is InChI=1S/C7H10N4O2S/c8-3(1-5(9)12)4-2-6(13)11-7(14)10-4/h2-3H,1,8H2,(H2,9,12)(H2,10,11,13,14). The molecule has 0 aromatic carbocycles. The van der Waals surface area contributed by atoms with Gasteiger partial charge in [-0.15, -0.1) is 0 Å². The highest BCUT2D eigenvalue weighted by Gasteiger charge is 2.10. The maximum atomic E-state index is 11.0. The van der Waals surface area contributed by atoms with Crippen LogP contribution in [0.25, 0.3) is 0 Å². The van der Waals surface area contributed by atoms with Crippen LogP contribution in [0, 0.1) is 4.77 Å². The molecule has 1 rings (SSSR count). The lowest BCUT2D eigenvalue weighted by Crippen LogP contribution is -2.23. The van der Waals surface area contributed by atoms with Crippen molar-refractivity contribution in [3.05, 3.63) is 26.9 Å². The van der Waals surface area contributed by atoms with Gasteiger partial charge in [0.2, 0.25) is 5.91 Å². The van der Waals surface area contributed by atoms with E-state index in [0.717, 1.165) is 0 Å². The highest BCUT2D eigenvalue weighted by molar-refractivity contribution is 7.71. The minimum atomic E-state index is -0.628. The largest absolute Gasteiger partial charge is 0.370 e. The van der Waals surface area contributed by atoms with Gasteiger partial charge < -0.3 is 16.5 Å². The molecule has 0 spiro atoms. The van der Waals surface area contributed by atoms with Crippen LogP contribution in [0.4, 0.5) is 0 Å². The molecule has 0 fully saturated rings. The molecule has 0 aliphatic heterocycles. The van der Waals surface area contributed by atoms with Crippen LogP contribution in [0.3, 0.4) is 0 Å². The normalized spacial score (nSPS) is 12.4. The van der Waals surface area contributed by atoms with Crippen LogP contribution >= 0.6 is 12.2 Å². The van der Waals surface area contributed by atoms with Crippen molar-refractivity contribution in [1.29, 1.82) is 0 Å². The van der Waals surface area contributed by atoms with Crippen molar-refractivity contribution < 1.29 is 4.79 Å². The lowest BCUT2D eigenvalue weighted by Gasteiger charge is -2.08. The molecule has 0 saturated carbocycles. The van der Waals surface area contributed by atoms with Crippen LogP contribution in [0.15, 0.2) is 10.9 Å². The first-order chi connectivity index (χ1) is 6.49. The molecule has 1 atom stereocenters. The molecule has 0 radical (unpaired) electrons. The molecule has 0 aliphatic carbocycles. The molecule has 1 amide bonds. The first-order valence-corrected chi connectivity index (χ1v) is 4.27. The maximum absolute atomic E-state index is 11.0. The van der Waals surface area contributed by atoms with E-state index >= 15 is 0 Å². The predicted molar refractivity (Wildman–Crippen MR) is 53.0 cm³/mol. The zero-order valence-corrected chi connectivity index (χ0v) is 8.06. The Balaban J connectivity index is 3.01. The SMILES string of the molecule is NC(=O)CC(N)c1cc(=O)[nH]c(=S)[nH]1. The fourth-order valence-corrected chi connectivity index (χ4v) is 1.23. The molecule has 6 nitrogen and oxygen atoms in total. The molecule has 1 aromatic rings. The van der Waals surface area contributed by atoms with E-state index < -0.39 is 11.9 Å². The number of hydrogen-bond acceptors (Lipinski definition) is 4. The minimum Gasteiger partial charge on any atom is -0.370 e. The van der Waals surface area contributed by atoms with Gasteiger partial charge >= 0.3 is 0 Å². The Morgan fingerprint density at radius 1 is 1.57 bits per heavy atom. The van der Waals surface area contributed by atoms with E-state index in [4.69, 9.17) is 23.7 Å². The summed E-state index contributed by atoms with van der Waals surface area (Å²) >= 11 is 4.74. The topological polar surface area (TPSA) is 118 Å². The summed E-state index contributed by atoms with van der Waals surface area (Å²) in [6.45, 7) is 0. The van der Waals surface area contributed by atoms with E-state index in [9.17, 15) is 9.59 Å². The van der Waals surface area contributed by atoms with Crippen LogP contribution in [0.2, 0.25) is 0 Å². The summed E-state index contributed by atoms with van der Waals surface area (Å²) < 4.78 is 0.174. The van der Waals surface area contributed by atoms with Gasteiger partial charge in [0, 0.05) is 18.2 Å². The number of hydrogen-bond donors (Lipinski definition) is 4. The lowest BCUT2D eigenvalue weighted by molar-refractivity contribution is -0.118. The van der Waals surface area contributed by atoms with Crippen molar-refractivity contribution in [3.63, 3.8) is 0 Å². The molecular weight excluding hydrogens is 204 g/mol. The number of rotatable bonds is 3. The fourth-order valence-electron chi connectivity index (χ4n) is 1.01. The summed E-state index contributed by atoms with van der Waals surface area (Å²) in [4.78, 5) is 26.6. The summed E-state index contributed by atoms with van der Waals surface area (Å²) in [5, 5.41) is 0. The Hall–Kier alpha value is -1.47. The van der Waals surface area contributed by atoms with Gasteiger partial charge in [-0.05, 0) is 12.2 Å². The average Bonchev–Trinajstić information content (AvgIpc) is 2.00. The van der Waals surface area contributed by atoms with E-state index in [1.165, 1.54) is 6.07 Å². The Kier molecular flexibility index (Phi) is 3.15. The smallest absolute Gasteiger partial charge is 0.251 e. The van der Waals surface area contributed by atoms with E-state index in [1.54, 1.807) is 0 Å². The molecule has 0 saturated heterocycles. The Morgan fingerprint density at radius 2 is 2.21 bits per heavy atom. The van der Waals surface area contributed by atoms with Crippen molar-refractivity contribution in [2.24, 2.45) is 11.5 Å². The first-order valence-electron chi connectivity index (χ1n) is 3.86. The molecule has 0 bridgehead atoms. The van der Waals surface area contributed by atoms with E-state index in [-0.39, 0.29) is 16.8 Å². The molecule has 1 aromatic heterocycles. The number of aromatic amines is 2. The number of amides is 1. The summed E-state index contributed by atoms with van der Waals surface area (Å²) in [7, 11) is 0. The lowest BCUT2D eigenvalue weighted by atomic mass is 10.1. The summed E-state index contributed by atoms with van der Waals surface area (Å²) in [6.07, 6.45) is -0.0330. The van der Waals surface area contributed by atoms with Gasteiger partial charge in [-0.3, -0.25) is 14.6 Å². The average molecular weight is 214 g/mol. The van der Waals surface area contributed by atoms with Crippen molar-refractivity contribution >= 4 is 18.1 Å². The van der Waals surface area contributed by atoms with Gasteiger partial charge in [-0.1, -0.05) is 0 Å². The van der Waals surface area contributed by atoms with Gasteiger partial charge in [0.05, 0.1) is 6.04 Å². The zero-order chi connectivity index (χ0) is 10.7. The van der Waals surface area contributed by atoms with Gasteiger partial charge in [0.15, 0.2) is 4.77 Å². The number of nitrogens with two attached hydrogens (primary N) is 2. The molecule has 1 unspecified atom stereocenters. The van der Waals surface area contributed by atoms with Crippen molar-refractivity contribution in [1.82, 2.24) is 9.97 Å². The van der Waals surface area contributed by atoms with Crippen LogP contribution in [0.1, 0.15) is 18.2 Å². The van der Waals surface area contributed by atoms with E-state index in [0.29, 0.717) is 5.69 Å². The third kappa shape index (κ3) is 2.79. The summed E-state index contributed by atoms with van der Waals surface area (Å²) in [5.74, 6) is -0.530. The third-order valence-corrected chi connectivity index (χ3v) is 1.81. The van der Waals surface area contributed by atoms with Gasteiger partial charge in [-0.25, -0.2) is 0 Å². The number of carbonyl (C=O) groups excluding carboxylic acids is 1. The van der Waals surface area contributed by atoms with Crippen molar-refractivity contribution in [3.8, 4) is 0 Å². The highest BCUT2D eigenvalue weighted by Crippen LogP contribution is 2.07. The number of H-pyrrole nitrogens is 2. The van der Waals surface area contributed by atoms with Gasteiger partial charge in [0.25, 0.3) is 5.56 Å². The van der Waals surface area contributed by atoms with Gasteiger partial charge in [0.1, 0.15) is 0 Å². The number of aromatic nitrogens is 2. The second-order valence-corrected chi connectivity index (χ2v) is 3.23. The van der Waals surface area contributed by atoms with Gasteiger partial charge in [-0.2, -0.15) is 0 Å². The van der Waals surface area contributed by atoms with Crippen molar-refractivity contribution in [2.75, 3.05) is 0 Å². The first kappa shape index (κ1) is 10.6. The maximum Gasteiger partial charge on any atom is 0.251 e. The Labute approximate surface area is 84.3 Å².